The van der Waals surface area contributed by atoms with Crippen molar-refractivity contribution in [2.24, 2.45) is 0 Å². The van der Waals surface area contributed by atoms with Crippen LogP contribution in [0.15, 0.2) is 43.0 Å². The van der Waals surface area contributed by atoms with E-state index in [1.807, 2.05) is 13.0 Å². The number of aliphatic hydroxyl groups excluding tert-OH is 2. The van der Waals surface area contributed by atoms with Crippen molar-refractivity contribution in [3.63, 3.8) is 0 Å². The number of aliphatic hydroxyl groups is 2. The fourth-order valence-electron chi connectivity index (χ4n) is 4.67. The van der Waals surface area contributed by atoms with Gasteiger partial charge < -0.3 is 14.9 Å². The minimum absolute atomic E-state index is 0.191. The Labute approximate surface area is 178 Å². The first-order valence-corrected chi connectivity index (χ1v) is 10.2. The quantitative estimate of drug-likeness (QED) is 0.660. The van der Waals surface area contributed by atoms with Crippen molar-refractivity contribution in [2.75, 3.05) is 12.0 Å². The minimum atomic E-state index is -0.952. The summed E-state index contributed by atoms with van der Waals surface area (Å²) in [6.45, 7) is 2.63. The molecule has 3 aromatic rings. The molecule has 2 N–H and O–H groups in total. The number of ether oxygens (including phenoxy) is 1. The Balaban J connectivity index is 1.67. The van der Waals surface area contributed by atoms with E-state index in [1.165, 1.54) is 0 Å². The second kappa shape index (κ2) is 7.14. The Morgan fingerprint density at radius 2 is 1.97 bits per heavy atom. The van der Waals surface area contributed by atoms with Crippen LogP contribution >= 0.6 is 0 Å². The fraction of sp³-hybridized carbons (Fsp3) is 0.364. The van der Waals surface area contributed by atoms with Crippen molar-refractivity contribution >= 4 is 11.6 Å². The van der Waals surface area contributed by atoms with E-state index in [1.54, 1.807) is 53.6 Å². The Hall–Kier alpha value is -3.30. The van der Waals surface area contributed by atoms with E-state index in [-0.39, 0.29) is 18.7 Å². The molecular weight excluding hydrogens is 398 g/mol. The summed E-state index contributed by atoms with van der Waals surface area (Å²) in [4.78, 5) is 24.2. The van der Waals surface area contributed by atoms with Gasteiger partial charge in [-0.1, -0.05) is 0 Å². The van der Waals surface area contributed by atoms with Gasteiger partial charge in [0, 0.05) is 37.3 Å². The van der Waals surface area contributed by atoms with Gasteiger partial charge in [0.25, 0.3) is 5.91 Å². The molecular formula is C22H23N5O4. The van der Waals surface area contributed by atoms with Crippen LogP contribution in [0, 0.1) is 0 Å². The van der Waals surface area contributed by atoms with Gasteiger partial charge in [0.05, 0.1) is 59.9 Å². The molecule has 5 rings (SSSR count). The molecule has 0 bridgehead atoms. The zero-order valence-electron chi connectivity index (χ0n) is 17.3. The zero-order valence-corrected chi connectivity index (χ0v) is 17.3. The van der Waals surface area contributed by atoms with Gasteiger partial charge >= 0.3 is 0 Å². The minimum Gasteiger partial charge on any atom is -0.495 e. The normalized spacial score (nSPS) is 21.7. The number of carbonyl (C=O) groups is 1. The maximum atomic E-state index is 13.5. The summed E-state index contributed by atoms with van der Waals surface area (Å²) in [6, 6.07) is 5.36. The molecule has 31 heavy (non-hydrogen) atoms. The highest BCUT2D eigenvalue weighted by molar-refractivity contribution is 6.11. The molecule has 9 heteroatoms. The lowest BCUT2D eigenvalue weighted by Crippen LogP contribution is -2.43. The van der Waals surface area contributed by atoms with Gasteiger partial charge in [-0.2, -0.15) is 5.10 Å². The third kappa shape index (κ3) is 2.92. The summed E-state index contributed by atoms with van der Waals surface area (Å²) in [7, 11) is 1.57. The van der Waals surface area contributed by atoms with Crippen molar-refractivity contribution in [1.82, 2.24) is 19.7 Å². The third-order valence-corrected chi connectivity index (χ3v) is 6.18. The predicted octanol–water partition coefficient (Wildman–Crippen LogP) is 1.74. The van der Waals surface area contributed by atoms with Crippen LogP contribution in [-0.2, 0) is 12.1 Å². The molecule has 1 aliphatic heterocycles. The molecule has 1 fully saturated rings. The van der Waals surface area contributed by atoms with Crippen LogP contribution in [0.1, 0.15) is 35.8 Å². The van der Waals surface area contributed by atoms with Crippen LogP contribution in [0.2, 0.25) is 0 Å². The predicted molar refractivity (Wildman–Crippen MR) is 112 cm³/mol. The smallest absolute Gasteiger partial charge is 0.261 e. The molecule has 4 heterocycles. The van der Waals surface area contributed by atoms with Crippen LogP contribution in [0.3, 0.4) is 0 Å². The van der Waals surface area contributed by atoms with Crippen LogP contribution in [0.4, 0.5) is 5.69 Å². The lowest BCUT2D eigenvalue weighted by atomic mass is 9.91. The number of amides is 1. The molecule has 1 spiro atoms. The first-order chi connectivity index (χ1) is 15.0. The number of nitrogens with zero attached hydrogens (tertiary/aromatic N) is 5. The number of hydrogen-bond acceptors (Lipinski definition) is 7. The highest BCUT2D eigenvalue weighted by Crippen LogP contribution is 2.51. The molecule has 2 aliphatic rings. The molecule has 9 nitrogen and oxygen atoms in total. The summed E-state index contributed by atoms with van der Waals surface area (Å²) >= 11 is 0. The first kappa shape index (κ1) is 19.7. The van der Waals surface area contributed by atoms with Crippen molar-refractivity contribution in [2.45, 2.75) is 44.1 Å². The van der Waals surface area contributed by atoms with Crippen molar-refractivity contribution in [3.05, 3.63) is 54.2 Å². The van der Waals surface area contributed by atoms with E-state index >= 15 is 0 Å². The number of anilines is 1. The van der Waals surface area contributed by atoms with Gasteiger partial charge in [-0.05, 0) is 25.1 Å². The van der Waals surface area contributed by atoms with E-state index in [0.29, 0.717) is 34.9 Å². The Kier molecular flexibility index (Phi) is 4.53. The van der Waals surface area contributed by atoms with Crippen LogP contribution in [0.25, 0.3) is 11.3 Å². The van der Waals surface area contributed by atoms with E-state index in [9.17, 15) is 15.0 Å². The summed E-state index contributed by atoms with van der Waals surface area (Å²) in [5.74, 6) is 0.390. The number of methoxy groups -OCH3 is 1. The van der Waals surface area contributed by atoms with Gasteiger partial charge in [-0.3, -0.25) is 19.4 Å². The topological polar surface area (TPSA) is 114 Å². The maximum absolute atomic E-state index is 13.5. The fourth-order valence-corrected chi connectivity index (χ4v) is 4.67. The van der Waals surface area contributed by atoms with Crippen LogP contribution in [-0.4, -0.2) is 55.2 Å². The SMILES string of the molecule is CCn1cc(N2C(=O)c3ccc(-c4cncc(OC)c4)nc3C23C[C@H](O)[C@@H](O)C3)cn1. The first-order valence-electron chi connectivity index (χ1n) is 10.2. The van der Waals surface area contributed by atoms with E-state index in [2.05, 4.69) is 10.1 Å². The number of pyridine rings is 2. The molecule has 0 saturated heterocycles. The molecule has 3 aromatic heterocycles. The lowest BCUT2D eigenvalue weighted by molar-refractivity contribution is 0.0438. The number of hydrogen-bond donors (Lipinski definition) is 2. The third-order valence-electron chi connectivity index (χ3n) is 6.18. The number of fused-ring (bicyclic) bond motifs is 2. The second-order valence-electron chi connectivity index (χ2n) is 7.98. The highest BCUT2D eigenvalue weighted by Gasteiger charge is 2.58. The summed E-state index contributed by atoms with van der Waals surface area (Å²) in [6.07, 6.45) is 5.21. The Morgan fingerprint density at radius 3 is 2.65 bits per heavy atom. The monoisotopic (exact) mass is 421 g/mol. The van der Waals surface area contributed by atoms with Gasteiger partial charge in [0.1, 0.15) is 5.75 Å². The molecule has 2 atom stereocenters. The number of carbonyl (C=O) groups excluding carboxylic acids is 1. The van der Waals surface area contributed by atoms with Crippen molar-refractivity contribution in [1.29, 1.82) is 0 Å². The van der Waals surface area contributed by atoms with Gasteiger partial charge in [-0.15, -0.1) is 0 Å². The van der Waals surface area contributed by atoms with Crippen LogP contribution < -0.4 is 9.64 Å². The molecule has 0 unspecified atom stereocenters. The average molecular weight is 421 g/mol. The van der Waals surface area contributed by atoms with Gasteiger partial charge in [0.15, 0.2) is 0 Å². The lowest BCUT2D eigenvalue weighted by Gasteiger charge is -2.34. The molecule has 0 radical (unpaired) electrons. The molecule has 0 aromatic carbocycles. The molecule has 1 saturated carbocycles. The summed E-state index contributed by atoms with van der Waals surface area (Å²) in [5.41, 5.74) is 2.08. The van der Waals surface area contributed by atoms with E-state index in [4.69, 9.17) is 9.72 Å². The second-order valence-corrected chi connectivity index (χ2v) is 7.98. The Bertz CT molecular complexity index is 1150. The van der Waals surface area contributed by atoms with Crippen molar-refractivity contribution < 1.29 is 19.7 Å². The van der Waals surface area contributed by atoms with Crippen molar-refractivity contribution in [3.8, 4) is 17.0 Å². The number of aryl methyl sites for hydroxylation is 1. The van der Waals surface area contributed by atoms with E-state index in [0.717, 1.165) is 5.56 Å². The maximum Gasteiger partial charge on any atom is 0.261 e. The van der Waals surface area contributed by atoms with E-state index < -0.39 is 17.7 Å². The number of aromatic nitrogens is 4. The Morgan fingerprint density at radius 1 is 1.19 bits per heavy atom. The van der Waals surface area contributed by atoms with Gasteiger partial charge in [0.2, 0.25) is 0 Å². The van der Waals surface area contributed by atoms with Crippen LogP contribution in [0.5, 0.6) is 5.75 Å². The largest absolute Gasteiger partial charge is 0.495 e. The zero-order chi connectivity index (χ0) is 21.8. The molecule has 1 amide bonds. The summed E-state index contributed by atoms with van der Waals surface area (Å²) < 4.78 is 7.01. The molecule has 1 aliphatic carbocycles. The number of rotatable bonds is 4. The standard InChI is InChI=1S/C22H23N5O4/c1-3-26-12-14(10-24-26)27-21(30)16-4-5-17(13-6-15(31-2)11-23-9-13)25-20(16)22(27)7-18(28)19(29)8-22/h4-6,9-12,18-19,28-29H,3,7-8H2,1-2H3/t18-,19-/m0/s1. The molecule has 160 valence electrons. The average Bonchev–Trinajstić information content (AvgIpc) is 3.43. The summed E-state index contributed by atoms with van der Waals surface area (Å²) in [5, 5.41) is 25.2. The van der Waals surface area contributed by atoms with Gasteiger partial charge in [-0.25, -0.2) is 4.98 Å². The highest BCUT2D eigenvalue weighted by atomic mass is 16.5.